The molecule has 0 aromatic carbocycles. The Kier molecular flexibility index (Phi) is 2.30. The number of rotatable bonds is 1. The van der Waals surface area contributed by atoms with Gasteiger partial charge in [0.2, 0.25) is 0 Å². The summed E-state index contributed by atoms with van der Waals surface area (Å²) in [6.07, 6.45) is 6.24. The highest BCUT2D eigenvalue weighted by atomic mass is 16.4. The predicted octanol–water partition coefficient (Wildman–Crippen LogP) is 1.90. The molecule has 2 aliphatic carbocycles. The zero-order valence-electron chi connectivity index (χ0n) is 6.34. The van der Waals surface area contributed by atoms with Crippen LogP contribution in [0.15, 0.2) is 0 Å². The van der Waals surface area contributed by atoms with Crippen LogP contribution in [0, 0.1) is 11.8 Å². The smallest absolute Gasteiger partial charge is 0.300 e. The molecule has 2 rings (SSSR count). The fourth-order valence-electron chi connectivity index (χ4n) is 1.14. The lowest BCUT2D eigenvalue weighted by Crippen LogP contribution is -1.78. The minimum atomic E-state index is -0.833. The Morgan fingerprint density at radius 1 is 1.20 bits per heavy atom. The maximum atomic E-state index is 9.00. The van der Waals surface area contributed by atoms with E-state index >= 15 is 0 Å². The molecule has 0 saturated heterocycles. The second-order valence-electron chi connectivity index (χ2n) is 3.19. The molecule has 58 valence electrons. The van der Waals surface area contributed by atoms with E-state index in [4.69, 9.17) is 9.90 Å². The third kappa shape index (κ3) is 3.49. The van der Waals surface area contributed by atoms with Crippen molar-refractivity contribution in [2.75, 3.05) is 0 Å². The summed E-state index contributed by atoms with van der Waals surface area (Å²) in [5.41, 5.74) is 0. The van der Waals surface area contributed by atoms with Gasteiger partial charge in [-0.2, -0.15) is 0 Å². The van der Waals surface area contributed by atoms with Gasteiger partial charge in [0.25, 0.3) is 5.97 Å². The maximum Gasteiger partial charge on any atom is 0.300 e. The molecule has 10 heavy (non-hydrogen) atoms. The number of hydrogen-bond acceptors (Lipinski definition) is 1. The molecule has 0 aliphatic heterocycles. The van der Waals surface area contributed by atoms with E-state index in [0.717, 1.165) is 6.92 Å². The van der Waals surface area contributed by atoms with Gasteiger partial charge < -0.3 is 5.11 Å². The van der Waals surface area contributed by atoms with Gasteiger partial charge in [-0.25, -0.2) is 0 Å². The molecule has 0 unspecified atom stereocenters. The van der Waals surface area contributed by atoms with Gasteiger partial charge in [-0.05, 0) is 37.5 Å². The highest BCUT2D eigenvalue weighted by Crippen LogP contribution is 2.49. The normalized spacial score (nSPS) is 22.9. The number of carboxylic acid groups (broad SMARTS) is 1. The van der Waals surface area contributed by atoms with Crippen LogP contribution in [0.5, 0.6) is 0 Å². The lowest BCUT2D eigenvalue weighted by atomic mass is 10.3. The molecule has 0 atom stereocenters. The van der Waals surface area contributed by atoms with E-state index in [-0.39, 0.29) is 0 Å². The van der Waals surface area contributed by atoms with Gasteiger partial charge in [0.05, 0.1) is 0 Å². The molecule has 0 spiro atoms. The van der Waals surface area contributed by atoms with Crippen molar-refractivity contribution >= 4 is 5.97 Å². The Hall–Kier alpha value is -0.530. The van der Waals surface area contributed by atoms with E-state index in [1.807, 2.05) is 0 Å². The van der Waals surface area contributed by atoms with E-state index in [9.17, 15) is 0 Å². The molecule has 0 aromatic rings. The van der Waals surface area contributed by atoms with Crippen molar-refractivity contribution in [1.29, 1.82) is 0 Å². The van der Waals surface area contributed by atoms with Crippen LogP contribution in [-0.2, 0) is 4.79 Å². The summed E-state index contributed by atoms with van der Waals surface area (Å²) < 4.78 is 0. The van der Waals surface area contributed by atoms with Crippen LogP contribution in [0.4, 0.5) is 0 Å². The highest BCUT2D eigenvalue weighted by Gasteiger charge is 2.37. The molecule has 0 heterocycles. The van der Waals surface area contributed by atoms with E-state index in [0.29, 0.717) is 0 Å². The lowest BCUT2D eigenvalue weighted by molar-refractivity contribution is -0.134. The second kappa shape index (κ2) is 3.04. The van der Waals surface area contributed by atoms with Crippen LogP contribution in [0.3, 0.4) is 0 Å². The SMILES string of the molecule is C1CC1C1CC1.CC(=O)O. The summed E-state index contributed by atoms with van der Waals surface area (Å²) in [6.45, 7) is 1.08. The number of carboxylic acids is 1. The quantitative estimate of drug-likeness (QED) is 0.607. The molecule has 0 amide bonds. The largest absolute Gasteiger partial charge is 0.481 e. The van der Waals surface area contributed by atoms with Gasteiger partial charge in [-0.15, -0.1) is 0 Å². The highest BCUT2D eigenvalue weighted by molar-refractivity contribution is 5.62. The third-order valence-electron chi connectivity index (χ3n) is 1.91. The molecular formula is C8H14O2. The van der Waals surface area contributed by atoms with Crippen molar-refractivity contribution < 1.29 is 9.90 Å². The zero-order valence-corrected chi connectivity index (χ0v) is 6.34. The van der Waals surface area contributed by atoms with Crippen molar-refractivity contribution in [2.24, 2.45) is 11.8 Å². The summed E-state index contributed by atoms with van der Waals surface area (Å²) in [5.74, 6) is 1.59. The molecule has 0 radical (unpaired) electrons. The van der Waals surface area contributed by atoms with Crippen LogP contribution < -0.4 is 0 Å². The minimum Gasteiger partial charge on any atom is -0.481 e. The maximum absolute atomic E-state index is 9.00. The predicted molar refractivity (Wildman–Crippen MR) is 38.8 cm³/mol. The van der Waals surface area contributed by atoms with E-state index in [2.05, 4.69) is 0 Å². The molecule has 0 bridgehead atoms. The van der Waals surface area contributed by atoms with Gasteiger partial charge in [-0.3, -0.25) is 4.79 Å². The first-order chi connectivity index (χ1) is 4.70. The number of aliphatic carboxylic acids is 1. The lowest BCUT2D eigenvalue weighted by Gasteiger charge is -1.77. The van der Waals surface area contributed by atoms with E-state index in [1.165, 1.54) is 11.8 Å². The summed E-state index contributed by atoms with van der Waals surface area (Å²) in [7, 11) is 0. The molecule has 2 saturated carbocycles. The molecule has 2 aliphatic rings. The summed E-state index contributed by atoms with van der Waals surface area (Å²) in [5, 5.41) is 7.42. The van der Waals surface area contributed by atoms with Crippen molar-refractivity contribution in [3.63, 3.8) is 0 Å². The molecular weight excluding hydrogens is 128 g/mol. The topological polar surface area (TPSA) is 37.3 Å². The van der Waals surface area contributed by atoms with Gasteiger partial charge in [0, 0.05) is 6.92 Å². The Morgan fingerprint density at radius 3 is 1.50 bits per heavy atom. The number of hydrogen-bond donors (Lipinski definition) is 1. The van der Waals surface area contributed by atoms with Crippen LogP contribution >= 0.6 is 0 Å². The molecule has 2 nitrogen and oxygen atoms in total. The average molecular weight is 142 g/mol. The Morgan fingerprint density at radius 2 is 1.40 bits per heavy atom. The average Bonchev–Trinajstić information content (AvgIpc) is 2.58. The molecule has 1 N–H and O–H groups in total. The van der Waals surface area contributed by atoms with Crippen LogP contribution in [0.25, 0.3) is 0 Å². The molecule has 0 aromatic heterocycles. The second-order valence-corrected chi connectivity index (χ2v) is 3.19. The van der Waals surface area contributed by atoms with Crippen LogP contribution in [0.2, 0.25) is 0 Å². The van der Waals surface area contributed by atoms with Gasteiger partial charge in [0.15, 0.2) is 0 Å². The molecule has 2 heteroatoms. The third-order valence-corrected chi connectivity index (χ3v) is 1.91. The zero-order chi connectivity index (χ0) is 7.56. The van der Waals surface area contributed by atoms with Gasteiger partial charge >= 0.3 is 0 Å². The summed E-state index contributed by atoms with van der Waals surface area (Å²) in [4.78, 5) is 9.00. The first-order valence-corrected chi connectivity index (χ1v) is 3.89. The summed E-state index contributed by atoms with van der Waals surface area (Å²) >= 11 is 0. The number of carbonyl (C=O) groups is 1. The Bertz CT molecular complexity index is 109. The van der Waals surface area contributed by atoms with Crippen molar-refractivity contribution in [1.82, 2.24) is 0 Å². The fourth-order valence-corrected chi connectivity index (χ4v) is 1.14. The van der Waals surface area contributed by atoms with Crippen molar-refractivity contribution in [2.45, 2.75) is 32.6 Å². The minimum absolute atomic E-state index is 0.833. The standard InChI is InChI=1S/C6H10.C2H4O2/c1-2-5(1)6-3-4-6;1-2(3)4/h5-6H,1-4H2;1H3,(H,3,4). The van der Waals surface area contributed by atoms with Crippen molar-refractivity contribution in [3.8, 4) is 0 Å². The van der Waals surface area contributed by atoms with E-state index in [1.54, 1.807) is 25.7 Å². The first kappa shape index (κ1) is 7.58. The van der Waals surface area contributed by atoms with E-state index < -0.39 is 5.97 Å². The molecule has 2 fully saturated rings. The van der Waals surface area contributed by atoms with Crippen LogP contribution in [0.1, 0.15) is 32.6 Å². The summed E-state index contributed by atoms with van der Waals surface area (Å²) in [6, 6.07) is 0. The fraction of sp³-hybridized carbons (Fsp3) is 0.875. The Labute approximate surface area is 61.2 Å². The first-order valence-electron chi connectivity index (χ1n) is 3.89. The van der Waals surface area contributed by atoms with Gasteiger partial charge in [-0.1, -0.05) is 0 Å². The Balaban J connectivity index is 0.000000112. The van der Waals surface area contributed by atoms with Gasteiger partial charge in [0.1, 0.15) is 0 Å². The van der Waals surface area contributed by atoms with Crippen LogP contribution in [-0.4, -0.2) is 11.1 Å². The van der Waals surface area contributed by atoms with Crippen molar-refractivity contribution in [3.05, 3.63) is 0 Å². The monoisotopic (exact) mass is 142 g/mol.